The SMILES string of the molecule is COc1ccc(-n2c(CN3CCC(C(=O)NCCc4ccccc4F)CC3)nc3ccccc32)cc1. The third-order valence-electron chi connectivity index (χ3n) is 6.94. The number of nitrogens with one attached hydrogen (secondary N) is 1. The number of imidazole rings is 1. The molecule has 6 nitrogen and oxygen atoms in total. The van der Waals surface area contributed by atoms with E-state index in [0.29, 0.717) is 25.1 Å². The van der Waals surface area contributed by atoms with E-state index in [9.17, 15) is 9.18 Å². The van der Waals surface area contributed by atoms with Crippen molar-refractivity contribution in [2.24, 2.45) is 5.92 Å². The summed E-state index contributed by atoms with van der Waals surface area (Å²) in [6, 6.07) is 22.9. The van der Waals surface area contributed by atoms with Crippen LogP contribution >= 0.6 is 0 Å². The van der Waals surface area contributed by atoms with Gasteiger partial charge in [0.15, 0.2) is 0 Å². The molecule has 4 aromatic rings. The second-order valence-electron chi connectivity index (χ2n) is 9.23. The lowest BCUT2D eigenvalue weighted by atomic mass is 9.96. The first-order chi connectivity index (χ1) is 17.6. The number of fused-ring (bicyclic) bond motifs is 1. The summed E-state index contributed by atoms with van der Waals surface area (Å²) in [4.78, 5) is 20.0. The molecule has 36 heavy (non-hydrogen) atoms. The van der Waals surface area contributed by atoms with Gasteiger partial charge >= 0.3 is 0 Å². The van der Waals surface area contributed by atoms with Crippen LogP contribution < -0.4 is 10.1 Å². The van der Waals surface area contributed by atoms with Crippen LogP contribution in [-0.4, -0.2) is 47.1 Å². The zero-order chi connectivity index (χ0) is 24.9. The summed E-state index contributed by atoms with van der Waals surface area (Å²) in [6.45, 7) is 2.82. The van der Waals surface area contributed by atoms with E-state index in [1.807, 2.05) is 48.5 Å². The highest BCUT2D eigenvalue weighted by Gasteiger charge is 2.26. The second-order valence-corrected chi connectivity index (χ2v) is 9.23. The van der Waals surface area contributed by atoms with Crippen molar-refractivity contribution in [3.05, 3.63) is 90.0 Å². The van der Waals surface area contributed by atoms with Crippen LogP contribution in [0.5, 0.6) is 5.75 Å². The zero-order valence-corrected chi connectivity index (χ0v) is 20.5. The summed E-state index contributed by atoms with van der Waals surface area (Å²) in [5, 5.41) is 3.00. The highest BCUT2D eigenvalue weighted by Crippen LogP contribution is 2.26. The van der Waals surface area contributed by atoms with Crippen LogP contribution in [0.4, 0.5) is 4.39 Å². The van der Waals surface area contributed by atoms with Gasteiger partial charge in [0.1, 0.15) is 17.4 Å². The summed E-state index contributed by atoms with van der Waals surface area (Å²) >= 11 is 0. The summed E-state index contributed by atoms with van der Waals surface area (Å²) in [6.07, 6.45) is 2.10. The predicted molar refractivity (Wildman–Crippen MR) is 139 cm³/mol. The minimum atomic E-state index is -0.222. The first kappa shape index (κ1) is 24.0. The molecule has 0 radical (unpaired) electrons. The molecule has 5 rings (SSSR count). The van der Waals surface area contributed by atoms with Crippen LogP contribution in [0, 0.1) is 11.7 Å². The fourth-order valence-corrected chi connectivity index (χ4v) is 4.92. The van der Waals surface area contributed by atoms with Gasteiger partial charge in [0.25, 0.3) is 0 Å². The number of halogens is 1. The molecule has 186 valence electrons. The van der Waals surface area contributed by atoms with Crippen LogP contribution in [-0.2, 0) is 17.8 Å². The summed E-state index contributed by atoms with van der Waals surface area (Å²) in [5.74, 6) is 1.63. The Morgan fingerprint density at radius 1 is 1.03 bits per heavy atom. The molecule has 1 aromatic heterocycles. The van der Waals surface area contributed by atoms with Crippen molar-refractivity contribution in [1.82, 2.24) is 19.8 Å². The Kier molecular flexibility index (Phi) is 7.28. The Morgan fingerprint density at radius 3 is 2.50 bits per heavy atom. The summed E-state index contributed by atoms with van der Waals surface area (Å²) in [7, 11) is 1.67. The first-order valence-corrected chi connectivity index (χ1v) is 12.5. The van der Waals surface area contributed by atoms with E-state index in [0.717, 1.165) is 54.2 Å². The Labute approximate surface area is 210 Å². The monoisotopic (exact) mass is 486 g/mol. The summed E-state index contributed by atoms with van der Waals surface area (Å²) in [5.41, 5.74) is 3.71. The molecule has 0 saturated carbocycles. The number of amides is 1. The Balaban J connectivity index is 1.21. The Bertz CT molecular complexity index is 1330. The average Bonchev–Trinajstić information content (AvgIpc) is 3.28. The molecule has 1 amide bonds. The Hall–Kier alpha value is -3.71. The van der Waals surface area contributed by atoms with Crippen molar-refractivity contribution >= 4 is 16.9 Å². The highest BCUT2D eigenvalue weighted by molar-refractivity contribution is 5.79. The van der Waals surface area contributed by atoms with Gasteiger partial charge in [0, 0.05) is 18.2 Å². The molecular formula is C29H31FN4O2. The molecule has 0 spiro atoms. The molecule has 1 fully saturated rings. The third kappa shape index (κ3) is 5.26. The van der Waals surface area contributed by atoms with Crippen molar-refractivity contribution < 1.29 is 13.9 Å². The van der Waals surface area contributed by atoms with E-state index < -0.39 is 0 Å². The number of hydrogen-bond acceptors (Lipinski definition) is 4. The molecule has 0 bridgehead atoms. The number of rotatable bonds is 8. The zero-order valence-electron chi connectivity index (χ0n) is 20.5. The van der Waals surface area contributed by atoms with E-state index in [-0.39, 0.29) is 17.6 Å². The number of ether oxygens (including phenoxy) is 1. The number of carbonyl (C=O) groups excluding carboxylic acids is 1. The molecule has 7 heteroatoms. The molecule has 1 aliphatic heterocycles. The topological polar surface area (TPSA) is 59.4 Å². The molecule has 1 aliphatic rings. The average molecular weight is 487 g/mol. The van der Waals surface area contributed by atoms with Gasteiger partial charge in [-0.1, -0.05) is 30.3 Å². The van der Waals surface area contributed by atoms with E-state index >= 15 is 0 Å². The van der Waals surface area contributed by atoms with Gasteiger partial charge in [-0.2, -0.15) is 0 Å². The van der Waals surface area contributed by atoms with Gasteiger partial charge in [0.2, 0.25) is 5.91 Å². The number of methoxy groups -OCH3 is 1. The standard InChI is InChI=1S/C29H31FN4O2/c1-36-24-12-10-23(11-13-24)34-27-9-5-4-8-26(27)32-28(34)20-33-18-15-22(16-19-33)29(35)31-17-14-21-6-2-3-7-25(21)30/h2-13,22H,14-20H2,1H3,(H,31,35). The lowest BCUT2D eigenvalue weighted by molar-refractivity contribution is -0.126. The minimum Gasteiger partial charge on any atom is -0.497 e. The minimum absolute atomic E-state index is 0.0118. The summed E-state index contributed by atoms with van der Waals surface area (Å²) < 4.78 is 21.3. The van der Waals surface area contributed by atoms with Crippen molar-refractivity contribution in [3.8, 4) is 11.4 Å². The van der Waals surface area contributed by atoms with Gasteiger partial charge in [-0.05, 0) is 80.4 Å². The van der Waals surface area contributed by atoms with E-state index in [1.165, 1.54) is 6.07 Å². The van der Waals surface area contributed by atoms with Gasteiger partial charge in [-0.3, -0.25) is 14.3 Å². The fraction of sp³-hybridized carbons (Fsp3) is 0.310. The molecule has 0 aliphatic carbocycles. The van der Waals surface area contributed by atoms with Gasteiger partial charge in [-0.15, -0.1) is 0 Å². The molecule has 0 atom stereocenters. The molecular weight excluding hydrogens is 455 g/mol. The van der Waals surface area contributed by atoms with E-state index in [2.05, 4.69) is 20.9 Å². The van der Waals surface area contributed by atoms with Crippen LogP contribution in [0.15, 0.2) is 72.8 Å². The second kappa shape index (κ2) is 10.9. The van der Waals surface area contributed by atoms with Crippen LogP contribution in [0.25, 0.3) is 16.7 Å². The fourth-order valence-electron chi connectivity index (χ4n) is 4.92. The van der Waals surface area contributed by atoms with Crippen molar-refractivity contribution in [1.29, 1.82) is 0 Å². The number of benzene rings is 3. The van der Waals surface area contributed by atoms with Gasteiger partial charge in [-0.25, -0.2) is 9.37 Å². The lowest BCUT2D eigenvalue weighted by Gasteiger charge is -2.31. The van der Waals surface area contributed by atoms with E-state index in [4.69, 9.17) is 9.72 Å². The normalized spacial score (nSPS) is 14.7. The maximum atomic E-state index is 13.8. The van der Waals surface area contributed by atoms with Crippen molar-refractivity contribution in [2.75, 3.05) is 26.7 Å². The number of nitrogens with zero attached hydrogens (tertiary/aromatic N) is 3. The van der Waals surface area contributed by atoms with Crippen LogP contribution in [0.3, 0.4) is 0 Å². The van der Waals surface area contributed by atoms with Crippen molar-refractivity contribution in [2.45, 2.75) is 25.8 Å². The number of piperidine rings is 1. The molecule has 1 saturated heterocycles. The Morgan fingerprint density at radius 2 is 1.75 bits per heavy atom. The quantitative estimate of drug-likeness (QED) is 0.391. The molecule has 3 aromatic carbocycles. The van der Waals surface area contributed by atoms with Gasteiger partial charge < -0.3 is 10.1 Å². The number of para-hydroxylation sites is 2. The van der Waals surface area contributed by atoms with Crippen molar-refractivity contribution in [3.63, 3.8) is 0 Å². The number of likely N-dealkylation sites (tertiary alicyclic amines) is 1. The first-order valence-electron chi connectivity index (χ1n) is 12.5. The van der Waals surface area contributed by atoms with E-state index in [1.54, 1.807) is 19.2 Å². The predicted octanol–water partition coefficient (Wildman–Crippen LogP) is 4.74. The maximum Gasteiger partial charge on any atom is 0.223 e. The smallest absolute Gasteiger partial charge is 0.223 e. The van der Waals surface area contributed by atoms with Gasteiger partial charge in [0.05, 0.1) is 24.7 Å². The number of hydrogen-bond donors (Lipinski definition) is 1. The highest BCUT2D eigenvalue weighted by atomic mass is 19.1. The largest absolute Gasteiger partial charge is 0.497 e. The van der Waals surface area contributed by atoms with Crippen LogP contribution in [0.1, 0.15) is 24.2 Å². The van der Waals surface area contributed by atoms with Crippen LogP contribution in [0.2, 0.25) is 0 Å². The maximum absolute atomic E-state index is 13.8. The lowest BCUT2D eigenvalue weighted by Crippen LogP contribution is -2.41. The molecule has 0 unspecified atom stereocenters. The molecule has 1 N–H and O–H groups in total. The molecule has 2 heterocycles. The number of carbonyl (C=O) groups is 1. The third-order valence-corrected chi connectivity index (χ3v) is 6.94. The number of aromatic nitrogens is 2.